The van der Waals surface area contributed by atoms with Crippen molar-refractivity contribution in [3.63, 3.8) is 0 Å². The third-order valence-corrected chi connectivity index (χ3v) is 21.5. The Balaban J connectivity index is -0.000000180. The Labute approximate surface area is 921 Å². The van der Waals surface area contributed by atoms with Crippen molar-refractivity contribution in [1.29, 1.82) is 0 Å². The van der Waals surface area contributed by atoms with Gasteiger partial charge < -0.3 is 160 Å². The lowest BCUT2D eigenvalue weighted by atomic mass is 9.89. The fourth-order valence-corrected chi connectivity index (χ4v) is 9.77. The third kappa shape index (κ3) is 139. The van der Waals surface area contributed by atoms with Gasteiger partial charge in [0, 0.05) is 52.9 Å². The van der Waals surface area contributed by atoms with Crippen LogP contribution < -0.4 is 0 Å². The molecule has 33 nitrogen and oxygen atoms in total. The van der Waals surface area contributed by atoms with E-state index in [0.717, 1.165) is 130 Å². The van der Waals surface area contributed by atoms with Crippen molar-refractivity contribution in [1.82, 2.24) is 0 Å². The summed E-state index contributed by atoms with van der Waals surface area (Å²) in [6.07, 6.45) is 13.9. The normalized spacial score (nSPS) is 15.7. The molecule has 0 heterocycles. The fourth-order valence-electron chi connectivity index (χ4n) is 9.77. The van der Waals surface area contributed by atoms with Crippen molar-refractivity contribution in [2.45, 2.75) is 555 Å². The molecule has 0 bridgehead atoms. The predicted molar refractivity (Wildman–Crippen MR) is 611 cm³/mol. The molecule has 0 aromatic heterocycles. The number of ether oxygens (including phenoxy) is 22. The Morgan fingerprint density at radius 1 is 0.247 bits per heavy atom. The van der Waals surface area contributed by atoms with Crippen LogP contribution in [0.1, 0.15) is 416 Å². The lowest BCUT2D eigenvalue weighted by molar-refractivity contribution is -0.154. The summed E-state index contributed by atoms with van der Waals surface area (Å²) in [6.45, 7) is 109. The SMILES string of the molecule is CC(C)COCCOC(C)(C)C(C)O.CCC(C)(C)OCCOCC(C)(C)O.CCC(C)OCCOC(C)C(C)(C)O.CCC(C)OCCOCC(C)(C)O.CCCOC(C)C(C)OCC(C)(C)O.CCCOC1CCCC1OCC(C)(C)O.CCCOCC(C)(C)OCC(C)(C)O.CCCOCC(C)OCC(C)(C)O.CCCOCCOC(C)(C)C(C)(C)O.CCCOCCOC(C)C(C)(C)O.CCCOCCOCC(C)(C)O. The first kappa shape index (κ1) is 169. The third-order valence-electron chi connectivity index (χ3n) is 21.5. The minimum absolute atomic E-state index is 0.0213. The zero-order valence-electron chi connectivity index (χ0n) is 106. The molecule has 150 heavy (non-hydrogen) atoms. The Morgan fingerprint density at radius 3 is 0.927 bits per heavy atom. The second-order valence-corrected chi connectivity index (χ2v) is 47.7. The summed E-state index contributed by atoms with van der Waals surface area (Å²) < 4.78 is 119. The summed E-state index contributed by atoms with van der Waals surface area (Å²) >= 11 is 0. The summed E-state index contributed by atoms with van der Waals surface area (Å²) in [5.74, 6) is 0.555. The van der Waals surface area contributed by atoms with Crippen LogP contribution in [0, 0.1) is 5.92 Å². The molecule has 1 fully saturated rings. The molecule has 1 aliphatic carbocycles. The highest BCUT2D eigenvalue weighted by atomic mass is 16.6. The molecule has 0 saturated heterocycles. The first-order chi connectivity index (χ1) is 68.4. The maximum atomic E-state index is 9.78. The molecule has 1 saturated carbocycles. The van der Waals surface area contributed by atoms with Crippen molar-refractivity contribution in [2.24, 2.45) is 5.92 Å². The minimum Gasteiger partial charge on any atom is -0.390 e. The van der Waals surface area contributed by atoms with E-state index in [2.05, 4.69) is 96.9 Å². The molecule has 0 radical (unpaired) electrons. The van der Waals surface area contributed by atoms with Crippen LogP contribution in [0.4, 0.5) is 0 Å². The molecule has 0 aliphatic heterocycles. The number of aliphatic hydroxyl groups is 11. The van der Waals surface area contributed by atoms with Crippen molar-refractivity contribution in [3.05, 3.63) is 0 Å². The van der Waals surface area contributed by atoms with Gasteiger partial charge in [-0.25, -0.2) is 0 Å². The summed E-state index contributed by atoms with van der Waals surface area (Å²) in [5, 5.41) is 104. The van der Waals surface area contributed by atoms with Crippen LogP contribution in [-0.4, -0.2) is 400 Å². The zero-order chi connectivity index (χ0) is 119. The Bertz CT molecular complexity index is 2750. The highest BCUT2D eigenvalue weighted by Crippen LogP contribution is 2.28. The highest BCUT2D eigenvalue weighted by Gasteiger charge is 2.37. The molecule has 920 valence electrons. The van der Waals surface area contributed by atoms with E-state index < -0.39 is 73.3 Å². The maximum Gasteiger partial charge on any atom is 0.0907 e. The quantitative estimate of drug-likeness (QED) is 0.0252. The average molecular weight is 2190 g/mol. The second kappa shape index (κ2) is 96.3. The van der Waals surface area contributed by atoms with Crippen LogP contribution in [0.2, 0.25) is 0 Å². The van der Waals surface area contributed by atoms with E-state index in [0.29, 0.717) is 164 Å². The molecular weight excluding hydrogens is 1930 g/mol. The van der Waals surface area contributed by atoms with Crippen molar-refractivity contribution >= 4 is 0 Å². The maximum absolute atomic E-state index is 9.78. The van der Waals surface area contributed by atoms with Gasteiger partial charge in [0.15, 0.2) is 0 Å². The van der Waals surface area contributed by atoms with Gasteiger partial charge >= 0.3 is 0 Å². The van der Waals surface area contributed by atoms with Crippen LogP contribution in [0.15, 0.2) is 0 Å². The van der Waals surface area contributed by atoms with E-state index in [-0.39, 0.29) is 60.0 Å². The second-order valence-electron chi connectivity index (χ2n) is 47.7. The molecule has 11 N–H and O–H groups in total. The van der Waals surface area contributed by atoms with Crippen LogP contribution in [0.25, 0.3) is 0 Å². The monoisotopic (exact) mass is 2190 g/mol. The van der Waals surface area contributed by atoms with Crippen molar-refractivity contribution in [3.8, 4) is 0 Å². The summed E-state index contributed by atoms with van der Waals surface area (Å²) in [5.41, 5.74) is -9.06. The van der Waals surface area contributed by atoms with Gasteiger partial charge in [-0.05, 0) is 339 Å². The molecule has 0 aromatic carbocycles. The summed E-state index contributed by atoms with van der Waals surface area (Å²) in [4.78, 5) is 0. The van der Waals surface area contributed by atoms with Gasteiger partial charge in [-0.15, -0.1) is 0 Å². The number of hydrogen-bond donors (Lipinski definition) is 11. The molecule has 0 amide bonds. The van der Waals surface area contributed by atoms with E-state index in [1.165, 1.54) is 6.42 Å². The Hall–Kier alpha value is -1.32. The fraction of sp³-hybridized carbons (Fsp3) is 1.00. The van der Waals surface area contributed by atoms with Crippen LogP contribution >= 0.6 is 0 Å². The van der Waals surface area contributed by atoms with Crippen LogP contribution in [-0.2, 0) is 104 Å². The van der Waals surface area contributed by atoms with Crippen LogP contribution in [0.3, 0.4) is 0 Å². The molecule has 33 heteroatoms. The van der Waals surface area contributed by atoms with Crippen LogP contribution in [0.5, 0.6) is 0 Å². The smallest absolute Gasteiger partial charge is 0.0907 e. The summed E-state index contributed by atoms with van der Waals surface area (Å²) in [6, 6.07) is 0. The first-order valence-corrected chi connectivity index (χ1v) is 56.6. The van der Waals surface area contributed by atoms with E-state index in [4.69, 9.17) is 104 Å². The van der Waals surface area contributed by atoms with E-state index in [9.17, 15) is 56.2 Å². The van der Waals surface area contributed by atoms with Gasteiger partial charge in [-0.3, -0.25) is 0 Å². The van der Waals surface area contributed by atoms with Gasteiger partial charge in [0.1, 0.15) is 0 Å². The van der Waals surface area contributed by atoms with Gasteiger partial charge in [0.25, 0.3) is 0 Å². The zero-order valence-corrected chi connectivity index (χ0v) is 106. The number of hydrogen-bond acceptors (Lipinski definition) is 33. The lowest BCUT2D eigenvalue weighted by Crippen LogP contribution is -2.47. The predicted octanol–water partition coefficient (Wildman–Crippen LogP) is 19.8. The molecule has 10 unspecified atom stereocenters. The number of aliphatic hydroxyl groups excluding tert-OH is 1. The van der Waals surface area contributed by atoms with E-state index in [1.54, 1.807) is 145 Å². The van der Waals surface area contributed by atoms with Gasteiger partial charge in [0.2, 0.25) is 0 Å². The highest BCUT2D eigenvalue weighted by molar-refractivity contribution is 4.88. The molecule has 10 atom stereocenters. The Kier molecular flexibility index (Phi) is 108. The number of rotatable bonds is 76. The Morgan fingerprint density at radius 2 is 0.553 bits per heavy atom. The molecule has 0 aromatic rings. The van der Waals surface area contributed by atoms with Crippen molar-refractivity contribution in [2.75, 3.05) is 205 Å². The topological polar surface area (TPSA) is 426 Å². The molecular formula is C117H254O33. The standard InChI is InChI=1S/C12H24O3.6C11H24O3.3C10H22O3.C9H20O3/c1-4-8-14-10-6-5-7-11(10)15-9-12(2,3)13;1-9(2)8-13-6-7-14-11(4,5)10(3)12;1-6-11(4,5)14-8-7-13-9-10(2,3)12;1-6-9(2)13-7-8-14-10(3)11(4,5)12;1-6-7-13-9-11(4,5)14-8-10(2,3)12;1-6-7-13-8-9-14-11(4,5)10(2,3)12;1-6-7-13-9(2)10(3)14-8-11(4,5)12;1-5-9(2)13-7-6-12-8-10(3,4)11;1-5-6-12-7-9(2)13-8-10(3,4)11;1-5-6-12-7-8-13-9(2)10(3,4)11;1-4-5-11-6-7-12-8-9(2,3)10/h10-11,13H,4-9H2,1-3H3;9-10,12H,6-8H2,1-5H3;12H,6-9H2,1-5H3;9-10,12H,6-8H2,1-5H3;2*12H,6-9H2,1-5H3;9-10,12H,6-8H2,1-5H3;3*9,11H,5-8H2,1-4H3;10H,4-8H2,1-3H3. The molecule has 0 spiro atoms. The van der Waals surface area contributed by atoms with Gasteiger partial charge in [-0.1, -0.05) is 83.1 Å². The van der Waals surface area contributed by atoms with E-state index in [1.807, 2.05) is 90.0 Å². The van der Waals surface area contributed by atoms with Gasteiger partial charge in [-0.2, -0.15) is 0 Å². The minimum atomic E-state index is -0.836. The molecule has 1 aliphatic rings. The van der Waals surface area contributed by atoms with E-state index >= 15 is 0 Å². The molecule has 1 rings (SSSR count). The van der Waals surface area contributed by atoms with Crippen molar-refractivity contribution < 1.29 is 160 Å². The van der Waals surface area contributed by atoms with Gasteiger partial charge in [0.05, 0.1) is 291 Å². The lowest BCUT2D eigenvalue weighted by Gasteiger charge is -2.37. The first-order valence-electron chi connectivity index (χ1n) is 56.6. The average Bonchev–Trinajstić information content (AvgIpc) is 0.971. The summed E-state index contributed by atoms with van der Waals surface area (Å²) in [7, 11) is 0. The largest absolute Gasteiger partial charge is 0.390 e.